The van der Waals surface area contributed by atoms with Gasteiger partial charge in [0.25, 0.3) is 0 Å². The predicted octanol–water partition coefficient (Wildman–Crippen LogP) is 6.41. The Labute approximate surface area is 152 Å². The molecule has 0 aliphatic rings. The number of benzene rings is 2. The first kappa shape index (κ1) is 15.4. The lowest BCUT2D eigenvalue weighted by atomic mass is 10.1. The van der Waals surface area contributed by atoms with Gasteiger partial charge < -0.3 is 5.32 Å². The fourth-order valence-electron chi connectivity index (χ4n) is 2.54. The monoisotopic (exact) mass is 371 g/mol. The minimum absolute atomic E-state index is 0.547. The van der Waals surface area contributed by atoms with Gasteiger partial charge in [-0.1, -0.05) is 59.6 Å². The van der Waals surface area contributed by atoms with Crippen molar-refractivity contribution in [2.24, 2.45) is 0 Å². The summed E-state index contributed by atoms with van der Waals surface area (Å²) in [5.41, 5.74) is 2.85. The van der Waals surface area contributed by atoms with Crippen molar-refractivity contribution in [3.63, 3.8) is 0 Å². The molecule has 0 unspecified atom stereocenters. The summed E-state index contributed by atoms with van der Waals surface area (Å²) in [4.78, 5) is 9.70. The van der Waals surface area contributed by atoms with Crippen LogP contribution in [0.2, 0.25) is 10.0 Å². The first-order chi connectivity index (χ1) is 11.7. The third kappa shape index (κ3) is 2.73. The molecule has 0 bridgehead atoms. The standard InChI is InChI=1S/C18H11Cl2N3S/c19-13-7-4-8-14(20)16(13)23-17-15-12(11-5-2-1-3-6-11)9-24-18(15)22-10-21-17/h1-10H,(H,21,22,23). The number of hydrogen-bond acceptors (Lipinski definition) is 4. The fraction of sp³-hybridized carbons (Fsp3) is 0. The predicted molar refractivity (Wildman–Crippen MR) is 103 cm³/mol. The van der Waals surface area contributed by atoms with E-state index in [9.17, 15) is 0 Å². The van der Waals surface area contributed by atoms with Gasteiger partial charge in [-0.15, -0.1) is 11.3 Å². The molecule has 24 heavy (non-hydrogen) atoms. The molecule has 118 valence electrons. The number of thiophene rings is 1. The highest BCUT2D eigenvalue weighted by Crippen LogP contribution is 2.39. The summed E-state index contributed by atoms with van der Waals surface area (Å²) in [5.74, 6) is 0.690. The Hall–Kier alpha value is -2.14. The lowest BCUT2D eigenvalue weighted by molar-refractivity contribution is 1.23. The molecule has 2 heterocycles. The average Bonchev–Trinajstić information content (AvgIpc) is 3.04. The van der Waals surface area contributed by atoms with Gasteiger partial charge in [-0.3, -0.25) is 0 Å². The molecule has 0 spiro atoms. The molecule has 3 nitrogen and oxygen atoms in total. The fourth-order valence-corrected chi connectivity index (χ4v) is 3.94. The van der Waals surface area contributed by atoms with Crippen molar-refractivity contribution in [3.05, 3.63) is 70.3 Å². The molecular formula is C18H11Cl2N3S. The van der Waals surface area contributed by atoms with E-state index in [2.05, 4.69) is 32.8 Å². The van der Waals surface area contributed by atoms with Crippen LogP contribution < -0.4 is 5.32 Å². The molecule has 2 aromatic carbocycles. The second-order valence-corrected chi connectivity index (χ2v) is 6.81. The normalized spacial score (nSPS) is 10.9. The highest BCUT2D eigenvalue weighted by atomic mass is 35.5. The van der Waals surface area contributed by atoms with Gasteiger partial charge in [-0.25, -0.2) is 9.97 Å². The first-order valence-electron chi connectivity index (χ1n) is 7.22. The maximum absolute atomic E-state index is 6.27. The number of aromatic nitrogens is 2. The van der Waals surface area contributed by atoms with Crippen LogP contribution >= 0.6 is 34.5 Å². The molecule has 4 rings (SSSR count). The van der Waals surface area contributed by atoms with Crippen LogP contribution in [0, 0.1) is 0 Å². The van der Waals surface area contributed by atoms with Crippen LogP contribution in [-0.4, -0.2) is 9.97 Å². The number of halogens is 2. The number of nitrogens with one attached hydrogen (secondary N) is 1. The summed E-state index contributed by atoms with van der Waals surface area (Å²) in [7, 11) is 0. The van der Waals surface area contributed by atoms with E-state index in [1.165, 1.54) is 0 Å². The van der Waals surface area contributed by atoms with Crippen molar-refractivity contribution >= 4 is 56.3 Å². The second-order valence-electron chi connectivity index (χ2n) is 5.14. The Bertz CT molecular complexity index is 995. The van der Waals surface area contributed by atoms with Crippen molar-refractivity contribution in [1.29, 1.82) is 0 Å². The Kier molecular flexibility index (Phi) is 4.10. The van der Waals surface area contributed by atoms with E-state index in [1.54, 1.807) is 29.8 Å². The lowest BCUT2D eigenvalue weighted by Gasteiger charge is -2.11. The van der Waals surface area contributed by atoms with E-state index in [0.717, 1.165) is 21.3 Å². The number of fused-ring (bicyclic) bond motifs is 1. The van der Waals surface area contributed by atoms with Gasteiger partial charge >= 0.3 is 0 Å². The van der Waals surface area contributed by atoms with Crippen molar-refractivity contribution in [2.75, 3.05) is 5.32 Å². The zero-order valence-corrected chi connectivity index (χ0v) is 14.7. The molecule has 0 radical (unpaired) electrons. The van der Waals surface area contributed by atoms with Crippen molar-refractivity contribution in [2.45, 2.75) is 0 Å². The average molecular weight is 372 g/mol. The molecule has 0 fully saturated rings. The Morgan fingerprint density at radius 1 is 0.875 bits per heavy atom. The van der Waals surface area contributed by atoms with Gasteiger partial charge in [0, 0.05) is 10.9 Å². The number of hydrogen-bond donors (Lipinski definition) is 1. The molecule has 2 aromatic heterocycles. The number of anilines is 2. The third-order valence-electron chi connectivity index (χ3n) is 3.66. The summed E-state index contributed by atoms with van der Waals surface area (Å²) in [6, 6.07) is 15.6. The first-order valence-corrected chi connectivity index (χ1v) is 8.86. The van der Waals surface area contributed by atoms with E-state index in [-0.39, 0.29) is 0 Å². The minimum atomic E-state index is 0.547. The maximum atomic E-state index is 6.27. The topological polar surface area (TPSA) is 37.8 Å². The van der Waals surface area contributed by atoms with Crippen LogP contribution in [0.1, 0.15) is 0 Å². The zero-order chi connectivity index (χ0) is 16.5. The summed E-state index contributed by atoms with van der Waals surface area (Å²) in [6.07, 6.45) is 1.54. The number of rotatable bonds is 3. The maximum Gasteiger partial charge on any atom is 0.143 e. The summed E-state index contributed by atoms with van der Waals surface area (Å²) in [6.45, 7) is 0. The quantitative estimate of drug-likeness (QED) is 0.452. The smallest absolute Gasteiger partial charge is 0.143 e. The summed E-state index contributed by atoms with van der Waals surface area (Å²) < 4.78 is 0. The molecular weight excluding hydrogens is 361 g/mol. The van der Waals surface area contributed by atoms with Crippen LogP contribution in [0.3, 0.4) is 0 Å². The molecule has 0 saturated carbocycles. The Balaban J connectivity index is 1.89. The van der Waals surface area contributed by atoms with Crippen LogP contribution in [0.5, 0.6) is 0 Å². The highest BCUT2D eigenvalue weighted by molar-refractivity contribution is 7.17. The van der Waals surface area contributed by atoms with Crippen molar-refractivity contribution in [1.82, 2.24) is 9.97 Å². The van der Waals surface area contributed by atoms with Crippen LogP contribution in [0.25, 0.3) is 21.3 Å². The van der Waals surface area contributed by atoms with E-state index < -0.39 is 0 Å². The number of para-hydroxylation sites is 1. The Morgan fingerprint density at radius 3 is 2.38 bits per heavy atom. The number of nitrogens with zero attached hydrogens (tertiary/aromatic N) is 2. The SMILES string of the molecule is Clc1cccc(Cl)c1Nc1ncnc2scc(-c3ccccc3)c12. The molecule has 0 aliphatic carbocycles. The van der Waals surface area contributed by atoms with E-state index in [0.29, 0.717) is 21.6 Å². The highest BCUT2D eigenvalue weighted by Gasteiger charge is 2.15. The van der Waals surface area contributed by atoms with E-state index in [4.69, 9.17) is 23.2 Å². The Morgan fingerprint density at radius 2 is 1.62 bits per heavy atom. The van der Waals surface area contributed by atoms with Crippen LogP contribution in [0.4, 0.5) is 11.5 Å². The molecule has 0 atom stereocenters. The van der Waals surface area contributed by atoms with Gasteiger partial charge in [-0.05, 0) is 17.7 Å². The lowest BCUT2D eigenvalue weighted by Crippen LogP contribution is -1.97. The molecule has 1 N–H and O–H groups in total. The molecule has 0 aliphatic heterocycles. The van der Waals surface area contributed by atoms with Gasteiger partial charge in [0.15, 0.2) is 0 Å². The largest absolute Gasteiger partial charge is 0.337 e. The summed E-state index contributed by atoms with van der Waals surface area (Å²) in [5, 5.41) is 7.42. The van der Waals surface area contributed by atoms with Crippen molar-refractivity contribution in [3.8, 4) is 11.1 Å². The zero-order valence-electron chi connectivity index (χ0n) is 12.3. The molecule has 6 heteroatoms. The second kappa shape index (κ2) is 6.40. The van der Waals surface area contributed by atoms with Gasteiger partial charge in [0.1, 0.15) is 17.0 Å². The molecule has 4 aromatic rings. The van der Waals surface area contributed by atoms with Gasteiger partial charge in [0.2, 0.25) is 0 Å². The van der Waals surface area contributed by atoms with E-state index in [1.807, 2.05) is 24.3 Å². The van der Waals surface area contributed by atoms with E-state index >= 15 is 0 Å². The van der Waals surface area contributed by atoms with Gasteiger partial charge in [-0.2, -0.15) is 0 Å². The minimum Gasteiger partial charge on any atom is -0.337 e. The summed E-state index contributed by atoms with van der Waals surface area (Å²) >= 11 is 14.1. The van der Waals surface area contributed by atoms with Crippen molar-refractivity contribution < 1.29 is 0 Å². The third-order valence-corrected chi connectivity index (χ3v) is 5.18. The molecule has 0 saturated heterocycles. The van der Waals surface area contributed by atoms with Crippen LogP contribution in [0.15, 0.2) is 60.2 Å². The van der Waals surface area contributed by atoms with Gasteiger partial charge in [0.05, 0.1) is 21.1 Å². The molecule has 0 amide bonds. The van der Waals surface area contributed by atoms with Crippen LogP contribution in [-0.2, 0) is 0 Å².